The van der Waals surface area contributed by atoms with Gasteiger partial charge in [0.15, 0.2) is 0 Å². The normalized spacial score (nSPS) is 10.9. The zero-order chi connectivity index (χ0) is 18.8. The highest BCUT2D eigenvalue weighted by Crippen LogP contribution is 2.24. The predicted molar refractivity (Wildman–Crippen MR) is 110 cm³/mol. The lowest BCUT2D eigenvalue weighted by Gasteiger charge is -2.05. The van der Waals surface area contributed by atoms with E-state index in [-0.39, 0.29) is 5.91 Å². The maximum atomic E-state index is 12.3. The van der Waals surface area contributed by atoms with Gasteiger partial charge in [0.05, 0.1) is 17.5 Å². The number of amides is 1. The number of rotatable bonds is 4. The lowest BCUT2D eigenvalue weighted by atomic mass is 10.1. The lowest BCUT2D eigenvalue weighted by Crippen LogP contribution is -2.14. The highest BCUT2D eigenvalue weighted by Gasteiger charge is 2.08. The Morgan fingerprint density at radius 2 is 1.78 bits per heavy atom. The van der Waals surface area contributed by atoms with Crippen LogP contribution in [0.2, 0.25) is 5.02 Å². The van der Waals surface area contributed by atoms with Crippen LogP contribution in [0.1, 0.15) is 11.1 Å². The van der Waals surface area contributed by atoms with Crippen molar-refractivity contribution in [2.24, 2.45) is 0 Å². The first-order valence-electron chi connectivity index (χ1n) is 8.68. The molecule has 0 spiro atoms. The van der Waals surface area contributed by atoms with E-state index in [4.69, 9.17) is 11.6 Å². The van der Waals surface area contributed by atoms with Gasteiger partial charge < -0.3 is 10.3 Å². The fraction of sp³-hybridized carbons (Fsp3) is 0.0909. The summed E-state index contributed by atoms with van der Waals surface area (Å²) in [5.41, 5.74) is 5.59. The number of benzene rings is 3. The third-order valence-corrected chi connectivity index (χ3v) is 4.62. The van der Waals surface area contributed by atoms with Crippen molar-refractivity contribution >= 4 is 34.2 Å². The van der Waals surface area contributed by atoms with Gasteiger partial charge in [-0.3, -0.25) is 4.79 Å². The summed E-state index contributed by atoms with van der Waals surface area (Å²) in [6, 6.07) is 21.1. The number of carbonyl (C=O) groups excluding carboxylic acids is 1. The lowest BCUT2D eigenvalue weighted by molar-refractivity contribution is -0.115. The van der Waals surface area contributed by atoms with Crippen molar-refractivity contribution in [3.8, 4) is 11.4 Å². The summed E-state index contributed by atoms with van der Waals surface area (Å²) in [6.07, 6.45) is 0.345. The van der Waals surface area contributed by atoms with Gasteiger partial charge in [-0.25, -0.2) is 4.98 Å². The monoisotopic (exact) mass is 375 g/mol. The fourth-order valence-electron chi connectivity index (χ4n) is 2.93. The number of halogens is 1. The number of nitrogens with one attached hydrogen (secondary N) is 2. The van der Waals surface area contributed by atoms with Crippen molar-refractivity contribution < 1.29 is 4.79 Å². The molecule has 0 radical (unpaired) electrons. The highest BCUT2D eigenvalue weighted by molar-refractivity contribution is 6.30. The molecule has 0 atom stereocenters. The minimum Gasteiger partial charge on any atom is -0.338 e. The molecule has 0 aliphatic carbocycles. The fourth-order valence-corrected chi connectivity index (χ4v) is 3.05. The smallest absolute Gasteiger partial charge is 0.228 e. The predicted octanol–water partition coefficient (Wildman–Crippen LogP) is 5.37. The quantitative estimate of drug-likeness (QED) is 0.503. The molecule has 1 heterocycles. The minimum atomic E-state index is -0.0457. The van der Waals surface area contributed by atoms with Crippen LogP contribution in [-0.2, 0) is 11.2 Å². The minimum absolute atomic E-state index is 0.0457. The number of imidazole rings is 1. The van der Waals surface area contributed by atoms with E-state index in [1.807, 2.05) is 73.7 Å². The highest BCUT2D eigenvalue weighted by atomic mass is 35.5. The Kier molecular flexibility index (Phi) is 4.65. The second-order valence-corrected chi connectivity index (χ2v) is 6.97. The van der Waals surface area contributed by atoms with Crippen LogP contribution in [-0.4, -0.2) is 15.9 Å². The molecule has 4 nitrogen and oxygen atoms in total. The number of carbonyl (C=O) groups is 1. The molecule has 27 heavy (non-hydrogen) atoms. The van der Waals surface area contributed by atoms with Crippen molar-refractivity contribution in [1.29, 1.82) is 0 Å². The molecule has 1 amide bonds. The van der Waals surface area contributed by atoms with Crippen LogP contribution < -0.4 is 5.32 Å². The van der Waals surface area contributed by atoms with Crippen molar-refractivity contribution in [3.63, 3.8) is 0 Å². The molecule has 5 heteroatoms. The molecule has 1 aromatic heterocycles. The summed E-state index contributed by atoms with van der Waals surface area (Å²) >= 11 is 5.94. The Bertz CT molecular complexity index is 1100. The first-order valence-corrected chi connectivity index (χ1v) is 9.06. The average molecular weight is 376 g/mol. The van der Waals surface area contributed by atoms with Gasteiger partial charge in [-0.2, -0.15) is 0 Å². The van der Waals surface area contributed by atoms with E-state index in [2.05, 4.69) is 15.3 Å². The molecule has 0 unspecified atom stereocenters. The molecule has 0 saturated heterocycles. The Morgan fingerprint density at radius 3 is 2.52 bits per heavy atom. The molecule has 2 N–H and O–H groups in total. The topological polar surface area (TPSA) is 57.8 Å². The first-order chi connectivity index (χ1) is 13.1. The van der Waals surface area contributed by atoms with E-state index in [9.17, 15) is 4.79 Å². The summed E-state index contributed by atoms with van der Waals surface area (Å²) in [6.45, 7) is 2.03. The van der Waals surface area contributed by atoms with E-state index in [1.165, 1.54) is 5.56 Å². The van der Waals surface area contributed by atoms with Gasteiger partial charge in [-0.1, -0.05) is 41.4 Å². The van der Waals surface area contributed by atoms with Gasteiger partial charge in [0.25, 0.3) is 0 Å². The molecule has 134 valence electrons. The van der Waals surface area contributed by atoms with E-state index in [0.29, 0.717) is 11.4 Å². The van der Waals surface area contributed by atoms with Crippen LogP contribution in [0, 0.1) is 6.92 Å². The maximum absolute atomic E-state index is 12.3. The number of nitrogens with zero attached hydrogens (tertiary/aromatic N) is 1. The molecule has 0 aliphatic heterocycles. The Morgan fingerprint density at radius 1 is 1.04 bits per heavy atom. The van der Waals surface area contributed by atoms with E-state index < -0.39 is 0 Å². The number of H-pyrrole nitrogens is 1. The molecular formula is C22H18ClN3O. The van der Waals surface area contributed by atoms with Crippen LogP contribution in [0.25, 0.3) is 22.4 Å². The number of hydrogen-bond acceptors (Lipinski definition) is 2. The summed E-state index contributed by atoms with van der Waals surface area (Å²) in [7, 11) is 0. The molecule has 3 aromatic carbocycles. The van der Waals surface area contributed by atoms with Crippen LogP contribution in [0.5, 0.6) is 0 Å². The molecule has 0 bridgehead atoms. The van der Waals surface area contributed by atoms with E-state index in [1.54, 1.807) is 0 Å². The Balaban J connectivity index is 1.51. The Labute approximate surface area is 162 Å². The van der Waals surface area contributed by atoms with Gasteiger partial charge in [0.1, 0.15) is 5.82 Å². The summed E-state index contributed by atoms with van der Waals surface area (Å²) in [5, 5.41) is 3.64. The van der Waals surface area contributed by atoms with Gasteiger partial charge >= 0.3 is 0 Å². The van der Waals surface area contributed by atoms with Crippen molar-refractivity contribution in [1.82, 2.24) is 9.97 Å². The number of fused-ring (bicyclic) bond motifs is 1. The van der Waals surface area contributed by atoms with Crippen LogP contribution in [0.4, 0.5) is 5.69 Å². The number of aromatic nitrogens is 2. The number of aryl methyl sites for hydroxylation is 1. The average Bonchev–Trinajstić information content (AvgIpc) is 3.07. The molecule has 0 fully saturated rings. The molecular weight excluding hydrogens is 358 g/mol. The standard InChI is InChI=1S/C22H18ClN3O/c1-14-2-4-15(5-3-14)12-21(27)24-18-10-11-19-20(13-18)26-22(25-19)16-6-8-17(23)9-7-16/h2-11,13H,12H2,1H3,(H,24,27)(H,25,26). The van der Waals surface area contributed by atoms with Gasteiger partial charge in [-0.15, -0.1) is 0 Å². The first kappa shape index (κ1) is 17.3. The van der Waals surface area contributed by atoms with Crippen LogP contribution in [0.15, 0.2) is 66.7 Å². The second-order valence-electron chi connectivity index (χ2n) is 6.53. The van der Waals surface area contributed by atoms with E-state index in [0.717, 1.165) is 33.7 Å². The molecule has 4 rings (SSSR count). The summed E-state index contributed by atoms with van der Waals surface area (Å²) < 4.78 is 0. The van der Waals surface area contributed by atoms with E-state index >= 15 is 0 Å². The Hall–Kier alpha value is -3.11. The third-order valence-electron chi connectivity index (χ3n) is 4.37. The van der Waals surface area contributed by atoms with Crippen LogP contribution in [0.3, 0.4) is 0 Å². The summed E-state index contributed by atoms with van der Waals surface area (Å²) in [5.74, 6) is 0.723. The van der Waals surface area contributed by atoms with Gasteiger partial charge in [0, 0.05) is 16.3 Å². The summed E-state index contributed by atoms with van der Waals surface area (Å²) in [4.78, 5) is 20.2. The van der Waals surface area contributed by atoms with Crippen molar-refractivity contribution in [3.05, 3.63) is 82.9 Å². The number of aromatic amines is 1. The maximum Gasteiger partial charge on any atom is 0.228 e. The zero-order valence-electron chi connectivity index (χ0n) is 14.8. The van der Waals surface area contributed by atoms with Gasteiger partial charge in [0.2, 0.25) is 5.91 Å². The molecule has 4 aromatic rings. The molecule has 0 saturated carbocycles. The zero-order valence-corrected chi connectivity index (χ0v) is 15.5. The largest absolute Gasteiger partial charge is 0.338 e. The van der Waals surface area contributed by atoms with Crippen molar-refractivity contribution in [2.45, 2.75) is 13.3 Å². The third kappa shape index (κ3) is 4.01. The van der Waals surface area contributed by atoms with Crippen LogP contribution >= 0.6 is 11.6 Å². The molecule has 0 aliphatic rings. The van der Waals surface area contributed by atoms with Gasteiger partial charge in [-0.05, 0) is 55.0 Å². The number of anilines is 1. The second kappa shape index (κ2) is 7.25. The number of hydrogen-bond donors (Lipinski definition) is 2. The SMILES string of the molecule is Cc1ccc(CC(=O)Nc2ccc3nc(-c4ccc(Cl)cc4)[nH]c3c2)cc1. The van der Waals surface area contributed by atoms with Crippen molar-refractivity contribution in [2.75, 3.05) is 5.32 Å².